The molecule has 4 heteroatoms. The van der Waals surface area contributed by atoms with Crippen LogP contribution in [-0.4, -0.2) is 30.2 Å². The lowest BCUT2D eigenvalue weighted by atomic mass is 10.1. The number of fused-ring (bicyclic) bond motifs is 1. The highest BCUT2D eigenvalue weighted by molar-refractivity contribution is 5.83. The van der Waals surface area contributed by atoms with Crippen LogP contribution in [0.2, 0.25) is 0 Å². The van der Waals surface area contributed by atoms with Crippen molar-refractivity contribution < 1.29 is 14.3 Å². The average Bonchev–Trinajstić information content (AvgIpc) is 2.24. The van der Waals surface area contributed by atoms with Gasteiger partial charge in [0.05, 0.1) is 19.6 Å². The molecule has 12 heavy (non-hydrogen) atoms. The molecule has 2 heterocycles. The maximum absolute atomic E-state index is 11.1. The average molecular weight is 169 g/mol. The number of hydrogen-bond donors (Lipinski definition) is 0. The van der Waals surface area contributed by atoms with Crippen molar-refractivity contribution in [3.8, 4) is 0 Å². The van der Waals surface area contributed by atoms with Crippen molar-refractivity contribution in [2.75, 3.05) is 7.11 Å². The Morgan fingerprint density at radius 2 is 2.50 bits per heavy atom. The number of ether oxygens (including phenoxy) is 2. The molecule has 66 valence electrons. The summed E-state index contributed by atoms with van der Waals surface area (Å²) in [7, 11) is 1.57. The van der Waals surface area contributed by atoms with Crippen molar-refractivity contribution >= 4 is 5.91 Å². The summed E-state index contributed by atoms with van der Waals surface area (Å²) in [4.78, 5) is 12.8. The Morgan fingerprint density at radius 1 is 1.75 bits per heavy atom. The summed E-state index contributed by atoms with van der Waals surface area (Å²) in [5.74, 6) is 0.903. The number of carbonyl (C=O) groups excluding carboxylic acids is 1. The van der Waals surface area contributed by atoms with Gasteiger partial charge in [-0.1, -0.05) is 0 Å². The number of hydrogen-bond acceptors (Lipinski definition) is 3. The molecule has 0 spiro atoms. The topological polar surface area (TPSA) is 38.8 Å². The summed E-state index contributed by atoms with van der Waals surface area (Å²) in [5.41, 5.74) is 0. The van der Waals surface area contributed by atoms with Crippen LogP contribution in [0.25, 0.3) is 0 Å². The van der Waals surface area contributed by atoms with Gasteiger partial charge in [-0.05, 0) is 6.92 Å². The molecule has 2 aliphatic rings. The molecule has 4 nitrogen and oxygen atoms in total. The molecule has 0 N–H and O–H groups in total. The van der Waals surface area contributed by atoms with Crippen molar-refractivity contribution in [3.05, 3.63) is 12.0 Å². The van der Waals surface area contributed by atoms with Crippen LogP contribution < -0.4 is 0 Å². The van der Waals surface area contributed by atoms with Crippen molar-refractivity contribution in [1.82, 2.24) is 4.90 Å². The lowest BCUT2D eigenvalue weighted by molar-refractivity contribution is -0.156. The molecule has 0 saturated carbocycles. The second-order valence-electron chi connectivity index (χ2n) is 3.01. The van der Waals surface area contributed by atoms with Crippen LogP contribution in [0.4, 0.5) is 0 Å². The Balaban J connectivity index is 2.15. The zero-order valence-corrected chi connectivity index (χ0v) is 7.11. The number of methoxy groups -OCH3 is 1. The standard InChI is InChI=1S/C8H11NO3/c1-5-6(4-11-2)12-8-3-7(10)9(5)8/h4-5,8H,3H2,1-2H3/b6-4-/t5?,8-/m1/s1. The molecule has 0 aromatic carbocycles. The highest BCUT2D eigenvalue weighted by Gasteiger charge is 2.48. The minimum atomic E-state index is -0.0334. The largest absolute Gasteiger partial charge is 0.501 e. The quantitative estimate of drug-likeness (QED) is 0.422. The van der Waals surface area contributed by atoms with Crippen molar-refractivity contribution in [1.29, 1.82) is 0 Å². The Kier molecular flexibility index (Phi) is 1.49. The van der Waals surface area contributed by atoms with E-state index in [0.717, 1.165) is 5.76 Å². The molecular formula is C8H11NO3. The number of amides is 1. The Labute approximate surface area is 70.7 Å². The van der Waals surface area contributed by atoms with E-state index in [-0.39, 0.29) is 18.2 Å². The van der Waals surface area contributed by atoms with E-state index in [1.165, 1.54) is 0 Å². The normalized spacial score (nSPS) is 36.0. The molecule has 0 aliphatic carbocycles. The summed E-state index contributed by atoms with van der Waals surface area (Å²) in [6.07, 6.45) is 2.02. The molecule has 2 atom stereocenters. The Hall–Kier alpha value is -1.19. The zero-order chi connectivity index (χ0) is 8.72. The monoisotopic (exact) mass is 169 g/mol. The highest BCUT2D eigenvalue weighted by atomic mass is 16.5. The second-order valence-corrected chi connectivity index (χ2v) is 3.01. The minimum absolute atomic E-state index is 0.0334. The first kappa shape index (κ1) is 7.46. The molecule has 0 radical (unpaired) electrons. The van der Waals surface area contributed by atoms with Gasteiger partial charge in [-0.2, -0.15) is 0 Å². The number of carbonyl (C=O) groups is 1. The summed E-state index contributed by atoms with van der Waals surface area (Å²) in [6, 6.07) is 0.0381. The maximum Gasteiger partial charge on any atom is 0.231 e. The summed E-state index contributed by atoms with van der Waals surface area (Å²) < 4.78 is 10.3. The third-order valence-electron chi connectivity index (χ3n) is 2.28. The van der Waals surface area contributed by atoms with Gasteiger partial charge in [-0.15, -0.1) is 0 Å². The lowest BCUT2D eigenvalue weighted by Gasteiger charge is -2.33. The van der Waals surface area contributed by atoms with E-state index in [9.17, 15) is 4.79 Å². The van der Waals surface area contributed by atoms with Gasteiger partial charge in [0.1, 0.15) is 6.26 Å². The fraction of sp³-hybridized carbons (Fsp3) is 0.625. The van der Waals surface area contributed by atoms with Crippen LogP contribution in [0.15, 0.2) is 12.0 Å². The second kappa shape index (κ2) is 2.40. The fourth-order valence-electron chi connectivity index (χ4n) is 1.60. The molecule has 2 saturated heterocycles. The van der Waals surface area contributed by atoms with Crippen LogP contribution in [-0.2, 0) is 14.3 Å². The van der Waals surface area contributed by atoms with Crippen molar-refractivity contribution in [2.24, 2.45) is 0 Å². The van der Waals surface area contributed by atoms with Gasteiger partial charge in [-0.25, -0.2) is 0 Å². The maximum atomic E-state index is 11.1. The molecule has 1 unspecified atom stereocenters. The zero-order valence-electron chi connectivity index (χ0n) is 7.11. The SMILES string of the molecule is CO/C=C1\O[C@@H]2CC(=O)N2C1C. The van der Waals surface area contributed by atoms with E-state index < -0.39 is 0 Å². The van der Waals surface area contributed by atoms with Crippen LogP contribution in [0.3, 0.4) is 0 Å². The first-order chi connectivity index (χ1) is 5.74. The van der Waals surface area contributed by atoms with Gasteiger partial charge < -0.3 is 9.47 Å². The number of nitrogens with zero attached hydrogens (tertiary/aromatic N) is 1. The van der Waals surface area contributed by atoms with Gasteiger partial charge in [0.2, 0.25) is 5.91 Å². The van der Waals surface area contributed by atoms with Gasteiger partial charge >= 0.3 is 0 Å². The molecule has 0 aromatic heterocycles. The highest BCUT2D eigenvalue weighted by Crippen LogP contribution is 2.35. The first-order valence-corrected chi connectivity index (χ1v) is 3.94. The van der Waals surface area contributed by atoms with Gasteiger partial charge in [-0.3, -0.25) is 9.69 Å². The van der Waals surface area contributed by atoms with E-state index in [0.29, 0.717) is 6.42 Å². The van der Waals surface area contributed by atoms with E-state index in [4.69, 9.17) is 9.47 Å². The van der Waals surface area contributed by atoms with E-state index >= 15 is 0 Å². The molecule has 0 aromatic rings. The van der Waals surface area contributed by atoms with Crippen molar-refractivity contribution in [3.63, 3.8) is 0 Å². The summed E-state index contributed by atoms with van der Waals surface area (Å²) >= 11 is 0. The Bertz CT molecular complexity index is 249. The molecular weight excluding hydrogens is 158 g/mol. The molecule has 2 rings (SSSR count). The summed E-state index contributed by atoms with van der Waals surface area (Å²) in [5, 5.41) is 0. The predicted octanol–water partition coefficient (Wildman–Crippen LogP) is 0.451. The molecule has 0 bridgehead atoms. The molecule has 2 fully saturated rings. The smallest absolute Gasteiger partial charge is 0.231 e. The summed E-state index contributed by atoms with van der Waals surface area (Å²) in [6.45, 7) is 1.93. The lowest BCUT2D eigenvalue weighted by Crippen LogP contribution is -2.51. The minimum Gasteiger partial charge on any atom is -0.501 e. The van der Waals surface area contributed by atoms with Crippen LogP contribution in [0.1, 0.15) is 13.3 Å². The van der Waals surface area contributed by atoms with Crippen molar-refractivity contribution in [2.45, 2.75) is 25.6 Å². The predicted molar refractivity (Wildman–Crippen MR) is 40.9 cm³/mol. The fourth-order valence-corrected chi connectivity index (χ4v) is 1.60. The van der Waals surface area contributed by atoms with E-state index in [1.807, 2.05) is 6.92 Å². The molecule has 2 aliphatic heterocycles. The molecule has 1 amide bonds. The Morgan fingerprint density at radius 3 is 3.00 bits per heavy atom. The van der Waals surface area contributed by atoms with E-state index in [2.05, 4.69) is 0 Å². The van der Waals surface area contributed by atoms with E-state index in [1.54, 1.807) is 18.3 Å². The number of β-lactam (4-membered cyclic amide) rings is 1. The van der Waals surface area contributed by atoms with Crippen LogP contribution >= 0.6 is 0 Å². The van der Waals surface area contributed by atoms with Crippen LogP contribution in [0, 0.1) is 0 Å². The van der Waals surface area contributed by atoms with Crippen LogP contribution in [0.5, 0.6) is 0 Å². The first-order valence-electron chi connectivity index (χ1n) is 3.94. The third-order valence-corrected chi connectivity index (χ3v) is 2.28. The van der Waals surface area contributed by atoms with Gasteiger partial charge in [0.25, 0.3) is 0 Å². The number of rotatable bonds is 1. The van der Waals surface area contributed by atoms with Gasteiger partial charge in [0.15, 0.2) is 12.0 Å². The van der Waals surface area contributed by atoms with Gasteiger partial charge in [0, 0.05) is 0 Å². The third kappa shape index (κ3) is 0.807.